The number of nitrogens with zero attached hydrogens (tertiary/aromatic N) is 3. The third-order valence-electron chi connectivity index (χ3n) is 6.19. The van der Waals surface area contributed by atoms with E-state index in [1.54, 1.807) is 11.8 Å². The molecule has 2 aromatic carbocycles. The summed E-state index contributed by atoms with van der Waals surface area (Å²) in [5.74, 6) is 2.64. The van der Waals surface area contributed by atoms with Crippen LogP contribution in [0.15, 0.2) is 71.0 Å². The van der Waals surface area contributed by atoms with Gasteiger partial charge in [-0.15, -0.1) is 5.10 Å². The van der Waals surface area contributed by atoms with Crippen molar-refractivity contribution in [1.29, 1.82) is 0 Å². The maximum atomic E-state index is 13.4. The number of rotatable bonds is 7. The molecule has 3 aromatic rings. The fourth-order valence-corrected chi connectivity index (χ4v) is 5.32. The second kappa shape index (κ2) is 9.29. The van der Waals surface area contributed by atoms with Gasteiger partial charge in [0.05, 0.1) is 0 Å². The van der Waals surface area contributed by atoms with Crippen molar-refractivity contribution in [2.24, 2.45) is 5.41 Å². The van der Waals surface area contributed by atoms with Gasteiger partial charge in [-0.2, -0.15) is 4.98 Å². The van der Waals surface area contributed by atoms with E-state index < -0.39 is 0 Å². The Morgan fingerprint density at radius 1 is 1.12 bits per heavy atom. The fraction of sp³-hybridized carbons (Fsp3) is 0.370. The van der Waals surface area contributed by atoms with Crippen molar-refractivity contribution in [3.63, 3.8) is 0 Å². The average molecular weight is 475 g/mol. The van der Waals surface area contributed by atoms with E-state index in [2.05, 4.69) is 26.1 Å². The van der Waals surface area contributed by atoms with Crippen LogP contribution >= 0.6 is 11.8 Å². The molecule has 2 aliphatic rings. The molecule has 1 aromatic heterocycles. The predicted molar refractivity (Wildman–Crippen MR) is 135 cm³/mol. The molecule has 6 nitrogen and oxygen atoms in total. The molecule has 0 saturated heterocycles. The maximum absolute atomic E-state index is 13.4. The Bertz CT molecular complexity index is 1220. The van der Waals surface area contributed by atoms with E-state index in [1.807, 2.05) is 59.3 Å². The molecule has 1 aliphatic heterocycles. The van der Waals surface area contributed by atoms with Crippen LogP contribution in [0.25, 0.3) is 0 Å². The molecular weight excluding hydrogens is 444 g/mol. The molecule has 176 valence electrons. The minimum Gasteiger partial charge on any atom is -0.489 e. The van der Waals surface area contributed by atoms with Gasteiger partial charge >= 0.3 is 0 Å². The van der Waals surface area contributed by atoms with Crippen LogP contribution in [0.2, 0.25) is 0 Å². The summed E-state index contributed by atoms with van der Waals surface area (Å²) in [5, 5.41) is 8.98. The third kappa shape index (κ3) is 4.62. The number of carbonyl (C=O) groups is 1. The van der Waals surface area contributed by atoms with E-state index in [0.29, 0.717) is 19.0 Å². The number of fused-ring (bicyclic) bond motifs is 1. The Morgan fingerprint density at radius 3 is 2.62 bits per heavy atom. The fourth-order valence-electron chi connectivity index (χ4n) is 4.64. The van der Waals surface area contributed by atoms with Gasteiger partial charge in [0.2, 0.25) is 11.1 Å². The molecule has 0 radical (unpaired) electrons. The summed E-state index contributed by atoms with van der Waals surface area (Å²) in [7, 11) is 0. The summed E-state index contributed by atoms with van der Waals surface area (Å²) in [6, 6.07) is 17.9. The van der Waals surface area contributed by atoms with Crippen molar-refractivity contribution in [2.45, 2.75) is 57.8 Å². The number of ether oxygens (including phenoxy) is 1. The van der Waals surface area contributed by atoms with Gasteiger partial charge in [-0.3, -0.25) is 4.79 Å². The van der Waals surface area contributed by atoms with Gasteiger partial charge in [-0.25, -0.2) is 4.68 Å². The number of hydrogen-bond donors (Lipinski definition) is 1. The van der Waals surface area contributed by atoms with Gasteiger partial charge in [0.25, 0.3) is 0 Å². The van der Waals surface area contributed by atoms with Crippen LogP contribution < -0.4 is 10.1 Å². The Balaban J connectivity index is 1.47. The first kappa shape index (κ1) is 22.7. The summed E-state index contributed by atoms with van der Waals surface area (Å²) < 4.78 is 7.86. The monoisotopic (exact) mass is 474 g/mol. The standard InChI is InChI=1S/C27H30N4O2S/c1-4-14-34-26-29-25-28-21-15-27(2,3)16-22(32)23(21)24(31(25)30-26)19-10-12-20(13-11-19)33-17-18-8-6-5-7-9-18/h5-13,24H,4,14-17H2,1-3H3,(H,28,29,30). The van der Waals surface area contributed by atoms with Crippen LogP contribution in [0.3, 0.4) is 0 Å². The minimum absolute atomic E-state index is 0.0788. The Morgan fingerprint density at radius 2 is 1.88 bits per heavy atom. The first-order valence-corrected chi connectivity index (χ1v) is 12.8. The molecule has 1 N–H and O–H groups in total. The van der Waals surface area contributed by atoms with Gasteiger partial charge in [0, 0.05) is 23.4 Å². The molecule has 0 amide bonds. The highest BCUT2D eigenvalue weighted by Crippen LogP contribution is 2.45. The van der Waals surface area contributed by atoms with Crippen molar-refractivity contribution < 1.29 is 9.53 Å². The summed E-state index contributed by atoms with van der Waals surface area (Å²) in [6.07, 6.45) is 2.40. The van der Waals surface area contributed by atoms with Crippen molar-refractivity contribution in [1.82, 2.24) is 14.8 Å². The summed E-state index contributed by atoms with van der Waals surface area (Å²) >= 11 is 1.65. The summed E-state index contributed by atoms with van der Waals surface area (Å²) in [5.41, 5.74) is 3.83. The molecule has 1 atom stereocenters. The topological polar surface area (TPSA) is 69.0 Å². The summed E-state index contributed by atoms with van der Waals surface area (Å²) in [6.45, 7) is 6.95. The molecular formula is C27H30N4O2S. The zero-order valence-corrected chi connectivity index (χ0v) is 20.7. The van der Waals surface area contributed by atoms with Crippen molar-refractivity contribution in [2.75, 3.05) is 11.1 Å². The van der Waals surface area contributed by atoms with Crippen LogP contribution in [0.1, 0.15) is 57.2 Å². The van der Waals surface area contributed by atoms with Crippen molar-refractivity contribution in [3.8, 4) is 5.75 Å². The van der Waals surface area contributed by atoms with E-state index in [0.717, 1.165) is 51.9 Å². The first-order valence-electron chi connectivity index (χ1n) is 11.8. The number of carbonyl (C=O) groups excluding carboxylic acids is 1. The highest BCUT2D eigenvalue weighted by Gasteiger charge is 2.41. The number of hydrogen-bond acceptors (Lipinski definition) is 6. The third-order valence-corrected chi connectivity index (χ3v) is 7.24. The van der Waals surface area contributed by atoms with Crippen LogP contribution in [-0.4, -0.2) is 26.3 Å². The lowest BCUT2D eigenvalue weighted by molar-refractivity contribution is -0.118. The van der Waals surface area contributed by atoms with Crippen LogP contribution in [0, 0.1) is 5.41 Å². The average Bonchev–Trinajstić information content (AvgIpc) is 3.23. The zero-order chi connectivity index (χ0) is 23.7. The van der Waals surface area contributed by atoms with E-state index in [1.165, 1.54) is 0 Å². The number of thioether (sulfide) groups is 1. The van der Waals surface area contributed by atoms with Gasteiger partial charge in [-0.05, 0) is 41.5 Å². The second-order valence-electron chi connectivity index (χ2n) is 9.72. The lowest BCUT2D eigenvalue weighted by Gasteiger charge is -2.38. The SMILES string of the molecule is CCCSc1nc2n(n1)C(c1ccc(OCc3ccccc3)cc1)C1=C(CC(C)(C)CC1=O)N2. The molecule has 0 spiro atoms. The molecule has 2 heterocycles. The molecule has 1 aliphatic carbocycles. The number of ketones is 1. The van der Waals surface area contributed by atoms with E-state index in [9.17, 15) is 4.79 Å². The number of benzene rings is 2. The Kier molecular flexibility index (Phi) is 6.21. The van der Waals surface area contributed by atoms with Crippen molar-refractivity contribution in [3.05, 3.63) is 77.0 Å². The van der Waals surface area contributed by atoms with E-state index in [-0.39, 0.29) is 17.2 Å². The van der Waals surface area contributed by atoms with E-state index in [4.69, 9.17) is 14.8 Å². The lowest BCUT2D eigenvalue weighted by atomic mass is 9.73. The predicted octanol–water partition coefficient (Wildman–Crippen LogP) is 6.02. The molecule has 0 saturated carbocycles. The molecule has 7 heteroatoms. The molecule has 0 bridgehead atoms. The Hall–Kier alpha value is -3.06. The highest BCUT2D eigenvalue weighted by atomic mass is 32.2. The van der Waals surface area contributed by atoms with E-state index >= 15 is 0 Å². The van der Waals surface area contributed by atoms with Crippen LogP contribution in [0.4, 0.5) is 5.95 Å². The zero-order valence-electron chi connectivity index (χ0n) is 19.9. The molecule has 0 fully saturated rings. The minimum atomic E-state index is -0.290. The number of allylic oxidation sites excluding steroid dienone is 2. The molecule has 1 unspecified atom stereocenters. The van der Waals surface area contributed by atoms with Gasteiger partial charge in [0.1, 0.15) is 18.4 Å². The van der Waals surface area contributed by atoms with Crippen molar-refractivity contribution >= 4 is 23.5 Å². The highest BCUT2D eigenvalue weighted by molar-refractivity contribution is 7.99. The molecule has 34 heavy (non-hydrogen) atoms. The van der Waals surface area contributed by atoms with Gasteiger partial charge in [0.15, 0.2) is 5.78 Å². The smallest absolute Gasteiger partial charge is 0.227 e. The quantitative estimate of drug-likeness (QED) is 0.423. The van der Waals surface area contributed by atoms with Gasteiger partial charge in [-0.1, -0.05) is 75.0 Å². The van der Waals surface area contributed by atoms with Crippen LogP contribution in [-0.2, 0) is 11.4 Å². The normalized spacial score (nSPS) is 18.8. The lowest BCUT2D eigenvalue weighted by Crippen LogP contribution is -2.36. The Labute approximate surface area is 204 Å². The second-order valence-corrected chi connectivity index (χ2v) is 10.8. The maximum Gasteiger partial charge on any atom is 0.227 e. The molecule has 5 rings (SSSR count). The van der Waals surface area contributed by atoms with Crippen LogP contribution in [0.5, 0.6) is 5.75 Å². The number of aromatic nitrogens is 3. The number of Topliss-reactive ketones (excluding diaryl/α,β-unsaturated/α-hetero) is 1. The first-order chi connectivity index (χ1) is 16.4. The largest absolute Gasteiger partial charge is 0.489 e. The number of anilines is 1. The summed E-state index contributed by atoms with van der Waals surface area (Å²) in [4.78, 5) is 18.1. The number of nitrogens with one attached hydrogen (secondary N) is 1. The van der Waals surface area contributed by atoms with Gasteiger partial charge < -0.3 is 10.1 Å².